The molecule has 0 aromatic heterocycles. The lowest BCUT2D eigenvalue weighted by atomic mass is 9.97. The molecule has 0 bridgehead atoms. The molecule has 0 amide bonds. The van der Waals surface area contributed by atoms with Crippen LogP contribution in [0.25, 0.3) is 0 Å². The normalized spacial score (nSPS) is 15.2. The van der Waals surface area contributed by atoms with E-state index < -0.39 is 18.5 Å². The highest BCUT2D eigenvalue weighted by atomic mass is 19.4. The van der Waals surface area contributed by atoms with Gasteiger partial charge in [0.25, 0.3) is 0 Å². The maximum atomic E-state index is 12.0. The van der Waals surface area contributed by atoms with Crippen LogP contribution in [0.2, 0.25) is 0 Å². The highest BCUT2D eigenvalue weighted by Gasteiger charge is 2.30. The smallest absolute Gasteiger partial charge is 0.171 e. The second-order valence-corrected chi connectivity index (χ2v) is 2.83. The summed E-state index contributed by atoms with van der Waals surface area (Å²) < 4.78 is 35.9. The molecule has 0 aliphatic heterocycles. The molecule has 0 rings (SSSR count). The van der Waals surface area contributed by atoms with Crippen molar-refractivity contribution in [2.24, 2.45) is 5.92 Å². The van der Waals surface area contributed by atoms with Crippen LogP contribution in [0.1, 0.15) is 13.3 Å². The quantitative estimate of drug-likeness (QED) is 0.590. The molecule has 0 fully saturated rings. The molecule has 0 aromatic carbocycles. The molecule has 0 saturated heterocycles. The van der Waals surface area contributed by atoms with Crippen LogP contribution in [0.4, 0.5) is 13.2 Å². The molecule has 0 N–H and O–H groups in total. The van der Waals surface area contributed by atoms with Gasteiger partial charge in [-0.05, 0) is 11.5 Å². The Kier molecular flexibility index (Phi) is 4.52. The Balaban J connectivity index is 4.39. The summed E-state index contributed by atoms with van der Waals surface area (Å²) in [6.07, 6.45) is -0.507. The average Bonchev–Trinajstić information content (AvgIpc) is 1.96. The molecular weight excluding hydrogens is 177 g/mol. The van der Waals surface area contributed by atoms with E-state index in [0.29, 0.717) is 5.57 Å². The van der Waals surface area contributed by atoms with Crippen LogP contribution >= 0.6 is 0 Å². The predicted molar refractivity (Wildman–Crippen MR) is 48.3 cm³/mol. The second kappa shape index (κ2) is 4.90. The van der Waals surface area contributed by atoms with E-state index in [1.165, 1.54) is 19.1 Å². The molecule has 0 nitrogen and oxygen atoms in total. The standard InChI is InChI=1S/C10H13F3/c1-4-6-9(5-2)8(3)7-10(11,12)13/h4-6,8H,1-2,7H2,3H3/b9-6+. The van der Waals surface area contributed by atoms with Crippen molar-refractivity contribution in [3.05, 3.63) is 37.0 Å². The van der Waals surface area contributed by atoms with E-state index >= 15 is 0 Å². The third kappa shape index (κ3) is 5.28. The van der Waals surface area contributed by atoms with Crippen molar-refractivity contribution in [2.75, 3.05) is 0 Å². The largest absolute Gasteiger partial charge is 0.389 e. The fourth-order valence-electron chi connectivity index (χ4n) is 1.03. The molecule has 0 aliphatic carbocycles. The molecule has 0 spiro atoms. The lowest BCUT2D eigenvalue weighted by molar-refractivity contribution is -0.140. The van der Waals surface area contributed by atoms with E-state index in [9.17, 15) is 13.2 Å². The molecule has 1 unspecified atom stereocenters. The SMILES string of the molecule is C=C/C=C(\C=C)C(C)CC(F)(F)F. The summed E-state index contributed by atoms with van der Waals surface area (Å²) in [5, 5.41) is 0. The fourth-order valence-corrected chi connectivity index (χ4v) is 1.03. The number of allylic oxidation sites excluding steroid dienone is 4. The zero-order valence-corrected chi connectivity index (χ0v) is 7.56. The van der Waals surface area contributed by atoms with Crippen molar-refractivity contribution in [1.82, 2.24) is 0 Å². The predicted octanol–water partition coefficient (Wildman–Crippen LogP) is 3.87. The first-order chi connectivity index (χ1) is 5.90. The van der Waals surface area contributed by atoms with Crippen molar-refractivity contribution < 1.29 is 13.2 Å². The molecule has 1 atom stereocenters. The van der Waals surface area contributed by atoms with Gasteiger partial charge in [0.05, 0.1) is 6.42 Å². The van der Waals surface area contributed by atoms with Crippen LogP contribution in [0.5, 0.6) is 0 Å². The Morgan fingerprint density at radius 3 is 2.23 bits per heavy atom. The molecule has 0 aromatic rings. The van der Waals surface area contributed by atoms with Gasteiger partial charge >= 0.3 is 6.18 Å². The number of rotatable bonds is 4. The van der Waals surface area contributed by atoms with E-state index in [2.05, 4.69) is 13.2 Å². The van der Waals surface area contributed by atoms with Gasteiger partial charge in [-0.3, -0.25) is 0 Å². The van der Waals surface area contributed by atoms with Gasteiger partial charge in [0.2, 0.25) is 0 Å². The van der Waals surface area contributed by atoms with Gasteiger partial charge in [-0.25, -0.2) is 0 Å². The van der Waals surface area contributed by atoms with Gasteiger partial charge < -0.3 is 0 Å². The van der Waals surface area contributed by atoms with Crippen molar-refractivity contribution in [3.8, 4) is 0 Å². The van der Waals surface area contributed by atoms with E-state index in [4.69, 9.17) is 0 Å². The van der Waals surface area contributed by atoms with Crippen LogP contribution in [-0.4, -0.2) is 6.18 Å². The Hall–Kier alpha value is -0.990. The first kappa shape index (κ1) is 12.0. The lowest BCUT2D eigenvalue weighted by Crippen LogP contribution is -2.13. The Labute approximate surface area is 76.5 Å². The maximum absolute atomic E-state index is 12.0. The van der Waals surface area contributed by atoms with Crippen LogP contribution in [0.15, 0.2) is 37.0 Å². The van der Waals surface area contributed by atoms with Gasteiger partial charge in [-0.2, -0.15) is 13.2 Å². The third-order valence-corrected chi connectivity index (χ3v) is 1.65. The zero-order valence-electron chi connectivity index (χ0n) is 7.56. The van der Waals surface area contributed by atoms with Crippen molar-refractivity contribution in [1.29, 1.82) is 0 Å². The van der Waals surface area contributed by atoms with Gasteiger partial charge in [-0.15, -0.1) is 0 Å². The van der Waals surface area contributed by atoms with Crippen LogP contribution in [0.3, 0.4) is 0 Å². The van der Waals surface area contributed by atoms with Crippen LogP contribution in [-0.2, 0) is 0 Å². The number of hydrogen-bond donors (Lipinski definition) is 0. The number of alkyl halides is 3. The van der Waals surface area contributed by atoms with E-state index in [1.807, 2.05) is 0 Å². The summed E-state index contributed by atoms with van der Waals surface area (Å²) in [6.45, 7) is 8.39. The van der Waals surface area contributed by atoms with Gasteiger partial charge in [-0.1, -0.05) is 38.3 Å². The van der Waals surface area contributed by atoms with Gasteiger partial charge in [0, 0.05) is 0 Å². The third-order valence-electron chi connectivity index (χ3n) is 1.65. The second-order valence-electron chi connectivity index (χ2n) is 2.83. The van der Waals surface area contributed by atoms with Crippen LogP contribution in [0, 0.1) is 5.92 Å². The lowest BCUT2D eigenvalue weighted by Gasteiger charge is -2.14. The maximum Gasteiger partial charge on any atom is 0.389 e. The van der Waals surface area contributed by atoms with E-state index in [0.717, 1.165) is 0 Å². The molecule has 74 valence electrons. The van der Waals surface area contributed by atoms with E-state index in [-0.39, 0.29) is 0 Å². The molecular formula is C10H13F3. The summed E-state index contributed by atoms with van der Waals surface area (Å²) in [5.74, 6) is -0.560. The minimum absolute atomic E-state index is 0.560. The van der Waals surface area contributed by atoms with Crippen molar-refractivity contribution in [3.63, 3.8) is 0 Å². The van der Waals surface area contributed by atoms with Crippen molar-refractivity contribution >= 4 is 0 Å². The first-order valence-corrected chi connectivity index (χ1v) is 3.92. The minimum atomic E-state index is -4.12. The summed E-state index contributed by atoms with van der Waals surface area (Å²) >= 11 is 0. The summed E-state index contributed by atoms with van der Waals surface area (Å²) in [6, 6.07) is 0. The highest BCUT2D eigenvalue weighted by Crippen LogP contribution is 2.28. The summed E-state index contributed by atoms with van der Waals surface area (Å²) in [7, 11) is 0. The zero-order chi connectivity index (χ0) is 10.5. The molecule has 0 aliphatic rings. The number of hydrogen-bond acceptors (Lipinski definition) is 0. The van der Waals surface area contributed by atoms with Gasteiger partial charge in [0.1, 0.15) is 0 Å². The van der Waals surface area contributed by atoms with Crippen LogP contribution < -0.4 is 0 Å². The Morgan fingerprint density at radius 2 is 1.92 bits per heavy atom. The fraction of sp³-hybridized carbons (Fsp3) is 0.400. The first-order valence-electron chi connectivity index (χ1n) is 3.92. The molecule has 0 heterocycles. The summed E-state index contributed by atoms with van der Waals surface area (Å²) in [4.78, 5) is 0. The van der Waals surface area contributed by atoms with Crippen molar-refractivity contribution in [2.45, 2.75) is 19.5 Å². The minimum Gasteiger partial charge on any atom is -0.171 e. The topological polar surface area (TPSA) is 0 Å². The summed E-state index contributed by atoms with van der Waals surface area (Å²) in [5.41, 5.74) is 0.562. The Bertz CT molecular complexity index is 211. The average molecular weight is 190 g/mol. The highest BCUT2D eigenvalue weighted by molar-refractivity contribution is 5.23. The van der Waals surface area contributed by atoms with Gasteiger partial charge in [0.15, 0.2) is 0 Å². The Morgan fingerprint density at radius 1 is 1.38 bits per heavy atom. The number of halogens is 3. The monoisotopic (exact) mass is 190 g/mol. The van der Waals surface area contributed by atoms with E-state index in [1.54, 1.807) is 6.08 Å². The molecule has 0 radical (unpaired) electrons. The molecule has 0 saturated carbocycles. The molecule has 3 heteroatoms. The molecule has 13 heavy (non-hydrogen) atoms.